The Labute approximate surface area is 253 Å². The van der Waals surface area contributed by atoms with Crippen LogP contribution >= 0.6 is 0 Å². The summed E-state index contributed by atoms with van der Waals surface area (Å²) in [6, 6.07) is 10.2. The van der Waals surface area contributed by atoms with Gasteiger partial charge in [0.2, 0.25) is 0 Å². The Morgan fingerprint density at radius 1 is 0.886 bits per heavy atom. The summed E-state index contributed by atoms with van der Waals surface area (Å²) in [6.07, 6.45) is 15.7. The number of aromatic nitrogens is 11. The Morgan fingerprint density at radius 3 is 2.14 bits per heavy atom. The molecule has 0 aliphatic rings. The van der Waals surface area contributed by atoms with Crippen molar-refractivity contribution >= 4 is 11.0 Å². The van der Waals surface area contributed by atoms with Gasteiger partial charge < -0.3 is 4.57 Å². The molecule has 0 bridgehead atoms. The Kier molecular flexibility index (Phi) is 6.43. The predicted molar refractivity (Wildman–Crippen MR) is 166 cm³/mol. The number of benzene rings is 1. The van der Waals surface area contributed by atoms with Crippen molar-refractivity contribution in [2.45, 2.75) is 33.1 Å². The van der Waals surface area contributed by atoms with Crippen LogP contribution in [0.4, 0.5) is 0 Å². The van der Waals surface area contributed by atoms with Gasteiger partial charge in [-0.25, -0.2) is 19.6 Å². The van der Waals surface area contributed by atoms with Crippen molar-refractivity contribution in [3.05, 3.63) is 90.9 Å². The molecule has 6 aromatic heterocycles. The van der Waals surface area contributed by atoms with Crippen LogP contribution in [0, 0.1) is 11.3 Å². The number of aryl methyl sites for hydroxylation is 3. The molecular formula is C32H30N12. The molecule has 12 nitrogen and oxygen atoms in total. The van der Waals surface area contributed by atoms with E-state index < -0.39 is 0 Å². The second-order valence-corrected chi connectivity index (χ2v) is 11.1. The van der Waals surface area contributed by atoms with Crippen LogP contribution in [-0.2, 0) is 20.5 Å². The first kappa shape index (κ1) is 27.0. The smallest absolute Gasteiger partial charge is 0.167 e. The number of nitrogens with zero attached hydrogens (tertiary/aromatic N) is 12. The molecule has 0 unspecified atom stereocenters. The van der Waals surface area contributed by atoms with Crippen LogP contribution in [0.15, 0.2) is 74.1 Å². The van der Waals surface area contributed by atoms with Crippen molar-refractivity contribution in [2.75, 3.05) is 0 Å². The maximum Gasteiger partial charge on any atom is 0.167 e. The van der Waals surface area contributed by atoms with Crippen molar-refractivity contribution in [2.24, 2.45) is 14.1 Å². The lowest BCUT2D eigenvalue weighted by atomic mass is 10.1. The summed E-state index contributed by atoms with van der Waals surface area (Å²) >= 11 is 0. The van der Waals surface area contributed by atoms with Gasteiger partial charge in [-0.15, -0.1) is 0 Å². The first-order valence-corrected chi connectivity index (χ1v) is 14.4. The maximum atomic E-state index is 10.1. The minimum atomic E-state index is 0.0798. The van der Waals surface area contributed by atoms with Gasteiger partial charge in [-0.1, -0.05) is 32.9 Å². The van der Waals surface area contributed by atoms with E-state index in [2.05, 4.69) is 42.0 Å². The van der Waals surface area contributed by atoms with Crippen molar-refractivity contribution in [3.8, 4) is 45.8 Å². The number of nitriles is 1. The number of hydrogen-bond donors (Lipinski definition) is 0. The number of imidazole rings is 2. The fourth-order valence-electron chi connectivity index (χ4n) is 5.53. The molecule has 1 aromatic carbocycles. The number of hydrogen-bond acceptors (Lipinski definition) is 7. The summed E-state index contributed by atoms with van der Waals surface area (Å²) in [6.45, 7) is 6.31. The van der Waals surface area contributed by atoms with Crippen molar-refractivity contribution in [1.82, 2.24) is 53.4 Å². The zero-order valence-electron chi connectivity index (χ0n) is 25.1. The zero-order chi connectivity index (χ0) is 30.5. The highest BCUT2D eigenvalue weighted by Crippen LogP contribution is 2.35. The third-order valence-corrected chi connectivity index (χ3v) is 7.72. The van der Waals surface area contributed by atoms with Gasteiger partial charge in [-0.05, 0) is 24.0 Å². The van der Waals surface area contributed by atoms with Gasteiger partial charge in [0.15, 0.2) is 5.65 Å². The Balaban J connectivity index is 1.52. The molecule has 0 spiro atoms. The average Bonchev–Trinajstić information content (AvgIpc) is 3.85. The van der Waals surface area contributed by atoms with E-state index in [-0.39, 0.29) is 5.92 Å². The third-order valence-electron chi connectivity index (χ3n) is 7.72. The second-order valence-electron chi connectivity index (χ2n) is 11.1. The number of para-hydroxylation sites is 1. The molecule has 0 radical (unpaired) electrons. The molecule has 0 N–H and O–H groups in total. The van der Waals surface area contributed by atoms with Crippen LogP contribution in [0.3, 0.4) is 0 Å². The molecule has 218 valence electrons. The normalized spacial score (nSPS) is 11.6. The van der Waals surface area contributed by atoms with Crippen molar-refractivity contribution in [3.63, 3.8) is 0 Å². The monoisotopic (exact) mass is 582 g/mol. The first-order chi connectivity index (χ1) is 21.3. The standard InChI is InChI=1S/C32H30N12/c1-6-21-8-7-9-22(11-33)31(21)44-32-29(30(39-44)20(2)3)27(42-16-25(34-18-42)23-12-36-40(4)14-23)10-28(38-32)43-17-26(35-19-43)24-13-37-41(5)15-24/h7-10,12-20H,6H2,1-5H3. The number of rotatable bonds is 7. The van der Waals surface area contributed by atoms with Crippen LogP contribution in [0.2, 0.25) is 0 Å². The minimum absolute atomic E-state index is 0.0798. The summed E-state index contributed by atoms with van der Waals surface area (Å²) in [7, 11) is 3.77. The van der Waals surface area contributed by atoms with Crippen LogP contribution in [-0.4, -0.2) is 53.4 Å². The molecule has 0 aliphatic heterocycles. The summed E-state index contributed by atoms with van der Waals surface area (Å²) in [4.78, 5) is 14.6. The highest BCUT2D eigenvalue weighted by atomic mass is 15.3. The summed E-state index contributed by atoms with van der Waals surface area (Å²) in [5.74, 6) is 0.729. The van der Waals surface area contributed by atoms with E-state index in [9.17, 15) is 5.26 Å². The van der Waals surface area contributed by atoms with E-state index in [1.54, 1.807) is 34.4 Å². The van der Waals surface area contributed by atoms with Gasteiger partial charge in [-0.2, -0.15) is 20.6 Å². The molecule has 12 heteroatoms. The van der Waals surface area contributed by atoms with E-state index in [1.807, 2.05) is 77.0 Å². The molecule has 0 amide bonds. The molecule has 0 aliphatic carbocycles. The SMILES string of the molecule is CCc1cccc(C#N)c1-n1nc(C(C)C)c2c(-n3cnc(-c4cnn(C)c4)c3)cc(-n3cnc(-c4cnn(C)c4)c3)nc21. The Morgan fingerprint density at radius 2 is 1.55 bits per heavy atom. The first-order valence-electron chi connectivity index (χ1n) is 14.4. The number of fused-ring (bicyclic) bond motifs is 1. The fourth-order valence-corrected chi connectivity index (χ4v) is 5.53. The minimum Gasteiger partial charge on any atom is -0.305 e. The van der Waals surface area contributed by atoms with Gasteiger partial charge in [0, 0.05) is 56.1 Å². The van der Waals surface area contributed by atoms with Gasteiger partial charge in [0.25, 0.3) is 0 Å². The van der Waals surface area contributed by atoms with E-state index in [4.69, 9.17) is 15.1 Å². The zero-order valence-corrected chi connectivity index (χ0v) is 25.1. The fraction of sp³-hybridized carbons (Fsp3) is 0.219. The van der Waals surface area contributed by atoms with Crippen molar-refractivity contribution < 1.29 is 0 Å². The lowest BCUT2D eigenvalue weighted by Crippen LogP contribution is -2.07. The molecule has 7 aromatic rings. The predicted octanol–water partition coefficient (Wildman–Crippen LogP) is 5.15. The molecular weight excluding hydrogens is 552 g/mol. The van der Waals surface area contributed by atoms with Gasteiger partial charge in [0.05, 0.1) is 58.1 Å². The lowest BCUT2D eigenvalue weighted by Gasteiger charge is -2.13. The van der Waals surface area contributed by atoms with Crippen LogP contribution < -0.4 is 0 Å². The number of pyridine rings is 1. The van der Waals surface area contributed by atoms with Gasteiger partial charge in [0.1, 0.15) is 18.2 Å². The van der Waals surface area contributed by atoms with E-state index in [0.717, 1.165) is 57.0 Å². The van der Waals surface area contributed by atoms with Gasteiger partial charge >= 0.3 is 0 Å². The van der Waals surface area contributed by atoms with Gasteiger partial charge in [-0.3, -0.25) is 13.9 Å². The van der Waals surface area contributed by atoms with E-state index >= 15 is 0 Å². The second kappa shape index (κ2) is 10.5. The topological polar surface area (TPSA) is 126 Å². The third kappa shape index (κ3) is 4.46. The van der Waals surface area contributed by atoms with Crippen LogP contribution in [0.5, 0.6) is 0 Å². The van der Waals surface area contributed by atoms with Crippen LogP contribution in [0.1, 0.15) is 43.5 Å². The molecule has 6 heterocycles. The highest BCUT2D eigenvalue weighted by Gasteiger charge is 2.25. The lowest BCUT2D eigenvalue weighted by molar-refractivity contribution is 0.768. The summed E-state index contributed by atoms with van der Waals surface area (Å²) in [5, 5.41) is 24.8. The quantitative estimate of drug-likeness (QED) is 0.254. The highest BCUT2D eigenvalue weighted by molar-refractivity contribution is 5.91. The van der Waals surface area contributed by atoms with Crippen LogP contribution in [0.25, 0.3) is 50.7 Å². The average molecular weight is 583 g/mol. The largest absolute Gasteiger partial charge is 0.305 e. The molecule has 0 saturated heterocycles. The molecule has 7 rings (SSSR count). The summed E-state index contributed by atoms with van der Waals surface area (Å²) in [5.41, 5.74) is 8.10. The molecule has 0 fully saturated rings. The van der Waals surface area contributed by atoms with Crippen molar-refractivity contribution in [1.29, 1.82) is 5.26 Å². The Hall–Kier alpha value is -5.83. The van der Waals surface area contributed by atoms with E-state index in [1.165, 1.54) is 0 Å². The maximum absolute atomic E-state index is 10.1. The van der Waals surface area contributed by atoms with E-state index in [0.29, 0.717) is 17.0 Å². The summed E-state index contributed by atoms with van der Waals surface area (Å²) < 4.78 is 9.25. The molecule has 0 atom stereocenters. The molecule has 44 heavy (non-hydrogen) atoms. The Bertz CT molecular complexity index is 2190. The molecule has 0 saturated carbocycles.